The lowest BCUT2D eigenvalue weighted by molar-refractivity contribution is 0.0163. The van der Waals surface area contributed by atoms with Crippen LogP contribution in [0.3, 0.4) is 0 Å². The van der Waals surface area contributed by atoms with Crippen LogP contribution in [-0.2, 0) is 16.9 Å². The van der Waals surface area contributed by atoms with E-state index < -0.39 is 5.54 Å². The van der Waals surface area contributed by atoms with Crippen LogP contribution in [-0.4, -0.2) is 25.6 Å². The van der Waals surface area contributed by atoms with Crippen molar-refractivity contribution < 1.29 is 4.74 Å². The first-order valence-electron chi connectivity index (χ1n) is 4.95. The van der Waals surface area contributed by atoms with Gasteiger partial charge in [0.2, 0.25) is 0 Å². The van der Waals surface area contributed by atoms with Crippen LogP contribution in [0.4, 0.5) is 0 Å². The van der Waals surface area contributed by atoms with E-state index in [2.05, 4.69) is 6.07 Å². The highest BCUT2D eigenvalue weighted by Gasteiger charge is 2.39. The maximum atomic E-state index is 9.39. The van der Waals surface area contributed by atoms with Gasteiger partial charge in [0, 0.05) is 0 Å². The number of nitriles is 1. The number of benzene rings is 1. The van der Waals surface area contributed by atoms with Gasteiger partial charge in [-0.15, -0.1) is 0 Å². The van der Waals surface area contributed by atoms with Crippen LogP contribution in [0.15, 0.2) is 24.3 Å². The van der Waals surface area contributed by atoms with Gasteiger partial charge >= 0.3 is 0 Å². The van der Waals surface area contributed by atoms with E-state index in [1.54, 1.807) is 0 Å². The summed E-state index contributed by atoms with van der Waals surface area (Å²) >= 11 is 0. The molecule has 3 nitrogen and oxygen atoms in total. The molecule has 0 bridgehead atoms. The Morgan fingerprint density at radius 2 is 2.13 bits per heavy atom. The maximum absolute atomic E-state index is 9.39. The van der Waals surface area contributed by atoms with Gasteiger partial charge in [-0.25, -0.2) is 0 Å². The predicted octanol–water partition coefficient (Wildman–Crippen LogP) is 1.50. The Morgan fingerprint density at radius 3 is 2.80 bits per heavy atom. The molecule has 0 aromatic heterocycles. The molecule has 0 fully saturated rings. The van der Waals surface area contributed by atoms with Crippen LogP contribution in [0, 0.1) is 11.3 Å². The molecule has 1 aliphatic rings. The summed E-state index contributed by atoms with van der Waals surface area (Å²) in [7, 11) is 3.82. The quantitative estimate of drug-likeness (QED) is 0.692. The molecule has 1 unspecified atom stereocenters. The zero-order valence-electron chi connectivity index (χ0n) is 9.03. The summed E-state index contributed by atoms with van der Waals surface area (Å²) in [6.07, 6.45) is 0. The summed E-state index contributed by atoms with van der Waals surface area (Å²) in [6.45, 7) is 1.04. The van der Waals surface area contributed by atoms with Crippen LogP contribution < -0.4 is 0 Å². The summed E-state index contributed by atoms with van der Waals surface area (Å²) in [5.74, 6) is 0. The average Bonchev–Trinajstić information content (AvgIpc) is 2.28. The molecule has 1 heterocycles. The highest BCUT2D eigenvalue weighted by atomic mass is 16.5. The Kier molecular flexibility index (Phi) is 2.47. The van der Waals surface area contributed by atoms with Crippen molar-refractivity contribution >= 4 is 0 Å². The molecule has 3 heteroatoms. The lowest BCUT2D eigenvalue weighted by Crippen LogP contribution is -2.47. The van der Waals surface area contributed by atoms with Crippen LogP contribution in [0.2, 0.25) is 0 Å². The number of ether oxygens (including phenoxy) is 1. The molecule has 78 valence electrons. The molecular formula is C12H14N2O. The fraction of sp³-hybridized carbons (Fsp3) is 0.417. The van der Waals surface area contributed by atoms with E-state index in [4.69, 9.17) is 4.74 Å². The average molecular weight is 202 g/mol. The van der Waals surface area contributed by atoms with Crippen molar-refractivity contribution in [3.05, 3.63) is 35.4 Å². The van der Waals surface area contributed by atoms with Gasteiger partial charge in [-0.3, -0.25) is 4.90 Å². The summed E-state index contributed by atoms with van der Waals surface area (Å²) in [6, 6.07) is 10.4. The van der Waals surface area contributed by atoms with Gasteiger partial charge in [0.25, 0.3) is 0 Å². The number of hydrogen-bond donors (Lipinski definition) is 0. The summed E-state index contributed by atoms with van der Waals surface area (Å²) in [5, 5.41) is 9.39. The second kappa shape index (κ2) is 3.65. The van der Waals surface area contributed by atoms with E-state index in [9.17, 15) is 5.26 Å². The van der Waals surface area contributed by atoms with Crippen LogP contribution in [0.1, 0.15) is 11.1 Å². The normalized spacial score (nSPS) is 24.7. The van der Waals surface area contributed by atoms with Gasteiger partial charge < -0.3 is 4.74 Å². The SMILES string of the molecule is CN(C)C1(C#N)COCc2ccccc21. The first-order chi connectivity index (χ1) is 7.20. The third kappa shape index (κ3) is 1.43. The van der Waals surface area contributed by atoms with Crippen molar-refractivity contribution in [2.45, 2.75) is 12.1 Å². The summed E-state index contributed by atoms with van der Waals surface area (Å²) in [4.78, 5) is 1.92. The van der Waals surface area contributed by atoms with Crippen molar-refractivity contribution in [2.24, 2.45) is 0 Å². The maximum Gasteiger partial charge on any atom is 0.158 e. The molecule has 0 spiro atoms. The number of hydrogen-bond acceptors (Lipinski definition) is 3. The molecule has 1 aromatic carbocycles. The Hall–Kier alpha value is -1.37. The first kappa shape index (κ1) is 10.2. The highest BCUT2D eigenvalue weighted by Crippen LogP contribution is 2.33. The van der Waals surface area contributed by atoms with Gasteiger partial charge in [-0.05, 0) is 25.2 Å². The molecule has 2 rings (SSSR count). The number of nitrogens with zero attached hydrogens (tertiary/aromatic N) is 2. The first-order valence-corrected chi connectivity index (χ1v) is 4.95. The lowest BCUT2D eigenvalue weighted by Gasteiger charge is -2.38. The highest BCUT2D eigenvalue weighted by molar-refractivity contribution is 5.39. The van der Waals surface area contributed by atoms with E-state index in [1.807, 2.05) is 43.3 Å². The minimum absolute atomic E-state index is 0.438. The summed E-state index contributed by atoms with van der Waals surface area (Å²) < 4.78 is 5.50. The molecule has 0 saturated heterocycles. The van der Waals surface area contributed by atoms with Gasteiger partial charge in [0.1, 0.15) is 0 Å². The number of fused-ring (bicyclic) bond motifs is 1. The van der Waals surface area contributed by atoms with E-state index in [-0.39, 0.29) is 0 Å². The number of rotatable bonds is 1. The second-order valence-electron chi connectivity index (χ2n) is 4.02. The number of likely N-dealkylation sites (N-methyl/N-ethyl adjacent to an activating group) is 1. The Morgan fingerprint density at radius 1 is 1.40 bits per heavy atom. The molecule has 0 aliphatic carbocycles. The Bertz CT molecular complexity index is 408. The van der Waals surface area contributed by atoms with E-state index >= 15 is 0 Å². The predicted molar refractivity (Wildman–Crippen MR) is 57.1 cm³/mol. The fourth-order valence-electron chi connectivity index (χ4n) is 2.00. The lowest BCUT2D eigenvalue weighted by atomic mass is 9.85. The molecule has 0 radical (unpaired) electrons. The zero-order chi connectivity index (χ0) is 10.9. The molecule has 0 amide bonds. The van der Waals surface area contributed by atoms with Crippen molar-refractivity contribution in [3.8, 4) is 6.07 Å². The van der Waals surface area contributed by atoms with Crippen LogP contribution in [0.5, 0.6) is 0 Å². The van der Waals surface area contributed by atoms with Gasteiger partial charge in [-0.1, -0.05) is 24.3 Å². The monoisotopic (exact) mass is 202 g/mol. The van der Waals surface area contributed by atoms with E-state index in [0.717, 1.165) is 11.1 Å². The molecule has 15 heavy (non-hydrogen) atoms. The molecule has 1 aromatic rings. The molecule has 1 aliphatic heterocycles. The Labute approximate surface area is 89.9 Å². The molecule has 1 atom stereocenters. The van der Waals surface area contributed by atoms with Crippen LogP contribution in [0.25, 0.3) is 0 Å². The fourth-order valence-corrected chi connectivity index (χ4v) is 2.00. The smallest absolute Gasteiger partial charge is 0.158 e. The standard InChI is InChI=1S/C12H14N2O/c1-14(2)12(8-13)9-15-7-10-5-3-4-6-11(10)12/h3-6H,7,9H2,1-2H3. The second-order valence-corrected chi connectivity index (χ2v) is 4.02. The Balaban J connectivity index is 2.58. The minimum Gasteiger partial charge on any atom is -0.373 e. The zero-order valence-corrected chi connectivity index (χ0v) is 9.03. The molecule has 0 N–H and O–H groups in total. The van der Waals surface area contributed by atoms with Crippen LogP contribution >= 0.6 is 0 Å². The largest absolute Gasteiger partial charge is 0.373 e. The van der Waals surface area contributed by atoms with Crippen molar-refractivity contribution in [2.75, 3.05) is 20.7 Å². The third-order valence-electron chi connectivity index (χ3n) is 2.98. The molecule has 0 saturated carbocycles. The van der Waals surface area contributed by atoms with Gasteiger partial charge in [0.15, 0.2) is 5.54 Å². The van der Waals surface area contributed by atoms with Crippen molar-refractivity contribution in [1.29, 1.82) is 5.26 Å². The van der Waals surface area contributed by atoms with E-state index in [1.165, 1.54) is 0 Å². The van der Waals surface area contributed by atoms with Gasteiger partial charge in [-0.2, -0.15) is 5.26 Å². The topological polar surface area (TPSA) is 36.3 Å². The van der Waals surface area contributed by atoms with Crippen molar-refractivity contribution in [3.63, 3.8) is 0 Å². The third-order valence-corrected chi connectivity index (χ3v) is 2.98. The minimum atomic E-state index is -0.630. The van der Waals surface area contributed by atoms with Gasteiger partial charge in [0.05, 0.1) is 19.3 Å². The molecular weight excluding hydrogens is 188 g/mol. The summed E-state index contributed by atoms with van der Waals surface area (Å²) in [5.41, 5.74) is 1.55. The van der Waals surface area contributed by atoms with Crippen molar-refractivity contribution in [1.82, 2.24) is 4.90 Å². The van der Waals surface area contributed by atoms with E-state index in [0.29, 0.717) is 13.2 Å².